The van der Waals surface area contributed by atoms with Gasteiger partial charge in [-0.15, -0.1) is 0 Å². The molecular formula is C17H38N2O8. The average Bonchev–Trinajstić information content (AvgIpc) is 2.59. The smallest absolute Gasteiger partial charge is 0.407 e. The van der Waals surface area contributed by atoms with Crippen LogP contribution in [0.1, 0.15) is 20.8 Å². The lowest BCUT2D eigenvalue weighted by atomic mass is 10.2. The molecule has 0 radical (unpaired) electrons. The van der Waals surface area contributed by atoms with Gasteiger partial charge in [-0.25, -0.2) is 4.79 Å². The van der Waals surface area contributed by atoms with Crippen LogP contribution in [0, 0.1) is 0 Å². The molecule has 0 fully saturated rings. The Hall–Kier alpha value is -1.01. The van der Waals surface area contributed by atoms with Gasteiger partial charge in [0.15, 0.2) is 0 Å². The van der Waals surface area contributed by atoms with Crippen molar-refractivity contribution in [3.8, 4) is 0 Å². The highest BCUT2D eigenvalue weighted by Gasteiger charge is 2.15. The molecule has 10 heteroatoms. The van der Waals surface area contributed by atoms with Crippen LogP contribution in [0.15, 0.2) is 0 Å². The maximum atomic E-state index is 11.2. The molecule has 0 aromatic carbocycles. The number of amides is 1. The quantitative estimate of drug-likeness (QED) is 0.269. The molecule has 0 aliphatic rings. The zero-order valence-electron chi connectivity index (χ0n) is 16.9. The van der Waals surface area contributed by atoms with Crippen LogP contribution in [-0.4, -0.2) is 101 Å². The molecule has 10 nitrogen and oxygen atoms in total. The highest BCUT2D eigenvalue weighted by atomic mass is 16.6. The predicted molar refractivity (Wildman–Crippen MR) is 101 cm³/mol. The maximum Gasteiger partial charge on any atom is 0.407 e. The van der Waals surface area contributed by atoms with Crippen LogP contribution in [0.25, 0.3) is 0 Å². The zero-order valence-corrected chi connectivity index (χ0v) is 16.9. The molecule has 0 unspecified atom stereocenters. The van der Waals surface area contributed by atoms with Crippen LogP contribution < -0.4 is 11.1 Å². The number of nitrogens with one attached hydrogen (secondary N) is 1. The van der Waals surface area contributed by atoms with Gasteiger partial charge in [-0.05, 0) is 20.8 Å². The number of hydrogen-bond acceptors (Lipinski definition) is 9. The number of hydrogen-bond donors (Lipinski definition) is 4. The van der Waals surface area contributed by atoms with Gasteiger partial charge in [-0.3, -0.25) is 0 Å². The number of ether oxygens (including phenoxy) is 5. The van der Waals surface area contributed by atoms with Crippen LogP contribution in [0.2, 0.25) is 0 Å². The third kappa shape index (κ3) is 30.0. The number of carbonyl (C=O) groups is 1. The Kier molecular flexibility index (Phi) is 22.2. The molecule has 0 aromatic heterocycles. The third-order valence-corrected chi connectivity index (χ3v) is 2.39. The van der Waals surface area contributed by atoms with E-state index in [4.69, 9.17) is 39.6 Å². The number of carbonyl (C=O) groups excluding carboxylic acids is 1. The van der Waals surface area contributed by atoms with E-state index in [1.807, 2.05) is 20.8 Å². The highest BCUT2D eigenvalue weighted by molar-refractivity contribution is 5.67. The Labute approximate surface area is 162 Å². The van der Waals surface area contributed by atoms with Gasteiger partial charge in [0, 0.05) is 13.1 Å². The number of nitrogens with two attached hydrogens (primary N) is 1. The van der Waals surface area contributed by atoms with Crippen LogP contribution in [0.5, 0.6) is 0 Å². The molecule has 0 rings (SSSR count). The third-order valence-electron chi connectivity index (χ3n) is 2.39. The van der Waals surface area contributed by atoms with E-state index in [-0.39, 0.29) is 13.2 Å². The van der Waals surface area contributed by atoms with E-state index < -0.39 is 11.7 Å². The van der Waals surface area contributed by atoms with Gasteiger partial charge in [0.2, 0.25) is 0 Å². The molecule has 0 aliphatic carbocycles. The minimum Gasteiger partial charge on any atom is -0.444 e. The zero-order chi connectivity index (χ0) is 20.8. The normalized spacial score (nSPS) is 10.9. The van der Waals surface area contributed by atoms with Gasteiger partial charge in [-0.1, -0.05) is 0 Å². The summed E-state index contributed by atoms with van der Waals surface area (Å²) in [6.07, 6.45) is -0.447. The minimum atomic E-state index is -0.483. The molecule has 1 amide bonds. The molecule has 0 atom stereocenters. The summed E-state index contributed by atoms with van der Waals surface area (Å²) < 4.78 is 25.1. The first-order valence-electron chi connectivity index (χ1n) is 9.07. The number of rotatable bonds is 15. The molecule has 0 spiro atoms. The second-order valence-electron chi connectivity index (χ2n) is 6.11. The lowest BCUT2D eigenvalue weighted by Gasteiger charge is -2.19. The molecular weight excluding hydrogens is 360 g/mol. The molecule has 0 bridgehead atoms. The molecule has 0 saturated heterocycles. The fourth-order valence-electron chi connectivity index (χ4n) is 1.40. The van der Waals surface area contributed by atoms with Gasteiger partial charge in [0.25, 0.3) is 0 Å². The van der Waals surface area contributed by atoms with Crippen LogP contribution in [0.4, 0.5) is 4.79 Å². The summed E-state index contributed by atoms with van der Waals surface area (Å²) in [5, 5.41) is 19.3. The minimum absolute atomic E-state index is 0.0141. The van der Waals surface area contributed by atoms with Gasteiger partial charge in [-0.2, -0.15) is 0 Å². The van der Waals surface area contributed by atoms with Crippen molar-refractivity contribution in [3.05, 3.63) is 0 Å². The van der Waals surface area contributed by atoms with Crippen molar-refractivity contribution in [2.75, 3.05) is 79.2 Å². The van der Waals surface area contributed by atoms with E-state index in [9.17, 15) is 4.79 Å². The fraction of sp³-hybridized carbons (Fsp3) is 0.941. The Morgan fingerprint density at radius 3 is 1.67 bits per heavy atom. The molecule has 0 saturated carbocycles. The Morgan fingerprint density at radius 2 is 1.26 bits per heavy atom. The van der Waals surface area contributed by atoms with E-state index in [1.165, 1.54) is 0 Å². The van der Waals surface area contributed by atoms with Crippen LogP contribution >= 0.6 is 0 Å². The van der Waals surface area contributed by atoms with E-state index in [0.29, 0.717) is 65.9 Å². The van der Waals surface area contributed by atoms with Gasteiger partial charge in [0.05, 0.1) is 66.1 Å². The lowest BCUT2D eigenvalue weighted by molar-refractivity contribution is 0.0303. The van der Waals surface area contributed by atoms with E-state index in [0.717, 1.165) is 0 Å². The first-order chi connectivity index (χ1) is 12.9. The molecule has 0 aromatic rings. The van der Waals surface area contributed by atoms with Crippen molar-refractivity contribution in [1.29, 1.82) is 0 Å². The topological polar surface area (TPSA) is 142 Å². The summed E-state index contributed by atoms with van der Waals surface area (Å²) in [5.41, 5.74) is 4.68. The summed E-state index contributed by atoms with van der Waals surface area (Å²) in [5.74, 6) is 0. The van der Waals surface area contributed by atoms with E-state index in [1.54, 1.807) is 0 Å². The Bertz CT molecular complexity index is 306. The predicted octanol–water partition coefficient (Wildman–Crippen LogP) is -0.493. The molecule has 164 valence electrons. The fourth-order valence-corrected chi connectivity index (χ4v) is 1.40. The Balaban J connectivity index is 0. The summed E-state index contributed by atoms with van der Waals surface area (Å²) >= 11 is 0. The van der Waals surface area contributed by atoms with Crippen molar-refractivity contribution in [1.82, 2.24) is 5.32 Å². The van der Waals surface area contributed by atoms with E-state index >= 15 is 0 Å². The molecule has 0 aliphatic heterocycles. The number of alkyl carbamates (subject to hydrolysis) is 1. The molecule has 5 N–H and O–H groups in total. The molecule has 27 heavy (non-hydrogen) atoms. The van der Waals surface area contributed by atoms with Crippen molar-refractivity contribution in [3.63, 3.8) is 0 Å². The summed E-state index contributed by atoms with van der Waals surface area (Å²) in [6.45, 7) is 10.1. The second-order valence-corrected chi connectivity index (χ2v) is 6.11. The van der Waals surface area contributed by atoms with Gasteiger partial charge < -0.3 is 44.9 Å². The number of aliphatic hydroxyl groups excluding tert-OH is 2. The first-order valence-corrected chi connectivity index (χ1v) is 9.07. The summed E-state index contributed by atoms with van der Waals surface area (Å²) in [7, 11) is 0. The monoisotopic (exact) mass is 398 g/mol. The van der Waals surface area contributed by atoms with Crippen LogP contribution in [0.3, 0.4) is 0 Å². The highest BCUT2D eigenvalue weighted by Crippen LogP contribution is 2.05. The molecule has 0 heterocycles. The maximum absolute atomic E-state index is 11.2. The van der Waals surface area contributed by atoms with Crippen molar-refractivity contribution < 1.29 is 38.7 Å². The van der Waals surface area contributed by atoms with E-state index in [2.05, 4.69) is 5.32 Å². The van der Waals surface area contributed by atoms with Gasteiger partial charge >= 0.3 is 6.09 Å². The lowest BCUT2D eigenvalue weighted by Crippen LogP contribution is -2.34. The first kappa shape index (κ1) is 28.2. The van der Waals surface area contributed by atoms with Crippen LogP contribution in [-0.2, 0) is 23.7 Å². The summed E-state index contributed by atoms with van der Waals surface area (Å²) in [6, 6.07) is 0. The standard InChI is InChI=1S/C11H23NO5.C6H15NO3/c1-11(2,3)17-10(14)12-4-6-15-8-9-16-7-5-13;7-1-3-9-5-6-10-4-2-8/h13H,4-9H2,1-3H3,(H,12,14);8H,1-7H2. The SMILES string of the molecule is CC(C)(C)OC(=O)NCCOCCOCCO.NCCOCCOCCO. The summed E-state index contributed by atoms with van der Waals surface area (Å²) in [4.78, 5) is 11.2. The second kappa shape index (κ2) is 21.3. The van der Waals surface area contributed by atoms with Crippen molar-refractivity contribution in [2.45, 2.75) is 26.4 Å². The largest absolute Gasteiger partial charge is 0.444 e. The van der Waals surface area contributed by atoms with Crippen molar-refractivity contribution in [2.24, 2.45) is 5.73 Å². The van der Waals surface area contributed by atoms with Gasteiger partial charge in [0.1, 0.15) is 5.60 Å². The Morgan fingerprint density at radius 1 is 0.815 bits per heavy atom. The van der Waals surface area contributed by atoms with Crippen molar-refractivity contribution >= 4 is 6.09 Å². The number of aliphatic hydroxyl groups is 2. The average molecular weight is 398 g/mol.